The van der Waals surface area contributed by atoms with Crippen LogP contribution in [0, 0.1) is 17.3 Å². The number of nitrogens with one attached hydrogen (secondary N) is 1. The van der Waals surface area contributed by atoms with Gasteiger partial charge in [0.15, 0.2) is 0 Å². The van der Waals surface area contributed by atoms with Crippen molar-refractivity contribution in [2.45, 2.75) is 109 Å². The number of esters is 1. The zero-order valence-electron chi connectivity index (χ0n) is 22.7. The number of rotatable bonds is 6. The van der Waals surface area contributed by atoms with E-state index in [4.69, 9.17) is 4.74 Å². The molecular weight excluding hydrogens is 452 g/mol. The monoisotopic (exact) mass is 496 g/mol. The average Bonchev–Trinajstić information content (AvgIpc) is 2.88. The first kappa shape index (κ1) is 26.7. The second kappa shape index (κ2) is 10.5. The fraction of sp³-hybridized carbons (Fsp3) is 0.700. The molecule has 3 aliphatic rings. The summed E-state index contributed by atoms with van der Waals surface area (Å²) in [5.74, 6) is 0.350. The molecule has 1 amide bonds. The SMILES string of the molecule is COC(=O)[C@H](CC1CCCCC1)NC(=O)[C@]1(C)CCC[C@]2(C)c3ccc(C(C)C)cc3/C(=N\O)C[C@@H]12. The number of hydrogen-bond acceptors (Lipinski definition) is 5. The van der Waals surface area contributed by atoms with Crippen molar-refractivity contribution in [1.82, 2.24) is 5.32 Å². The molecule has 0 spiro atoms. The summed E-state index contributed by atoms with van der Waals surface area (Å²) in [5, 5.41) is 16.9. The molecule has 0 unspecified atom stereocenters. The predicted octanol–water partition coefficient (Wildman–Crippen LogP) is 6.08. The van der Waals surface area contributed by atoms with Crippen molar-refractivity contribution in [2.24, 2.45) is 22.4 Å². The normalized spacial score (nSPS) is 30.4. The number of nitrogens with zero attached hydrogens (tertiary/aromatic N) is 1. The average molecular weight is 497 g/mol. The molecule has 36 heavy (non-hydrogen) atoms. The van der Waals surface area contributed by atoms with Crippen LogP contribution < -0.4 is 5.32 Å². The minimum atomic E-state index is -0.684. The number of fused-ring (bicyclic) bond motifs is 3. The van der Waals surface area contributed by atoms with Gasteiger partial charge in [0.25, 0.3) is 0 Å². The van der Waals surface area contributed by atoms with Gasteiger partial charge in [-0.05, 0) is 66.0 Å². The Labute approximate surface area is 216 Å². The summed E-state index contributed by atoms with van der Waals surface area (Å²) in [4.78, 5) is 26.7. The molecular formula is C30H44N2O4. The van der Waals surface area contributed by atoms with E-state index in [-0.39, 0.29) is 23.2 Å². The minimum Gasteiger partial charge on any atom is -0.467 e. The summed E-state index contributed by atoms with van der Waals surface area (Å²) in [5.41, 5.74) is 3.15. The van der Waals surface area contributed by atoms with Crippen LogP contribution in [0.15, 0.2) is 23.4 Å². The number of oxime groups is 1. The second-order valence-corrected chi connectivity index (χ2v) is 12.2. The zero-order chi connectivity index (χ0) is 26.1. The van der Waals surface area contributed by atoms with E-state index >= 15 is 0 Å². The molecule has 0 heterocycles. The van der Waals surface area contributed by atoms with Crippen LogP contribution in [0.25, 0.3) is 0 Å². The van der Waals surface area contributed by atoms with Gasteiger partial charge in [-0.1, -0.05) is 83.5 Å². The van der Waals surface area contributed by atoms with Crippen LogP contribution in [0.5, 0.6) is 0 Å². The molecule has 4 atom stereocenters. The van der Waals surface area contributed by atoms with Gasteiger partial charge in [0.1, 0.15) is 6.04 Å². The highest BCUT2D eigenvalue weighted by molar-refractivity contribution is 6.04. The minimum absolute atomic E-state index is 0.0324. The molecule has 0 aliphatic heterocycles. The standard InChI is InChI=1S/C30H44N2O4/c1-19(2)21-12-13-23-22(17-21)24(32-35)18-26-29(23,3)14-9-15-30(26,4)28(34)31-25(27(33)36-5)16-20-10-7-6-8-11-20/h12-13,17,19-20,25-26,35H,6-11,14-16,18H2,1-5H3,(H,31,34)/b32-24-/t25-,26+,29+,30+/m0/s1. The van der Waals surface area contributed by atoms with Crippen molar-refractivity contribution in [3.05, 3.63) is 34.9 Å². The predicted molar refractivity (Wildman–Crippen MR) is 141 cm³/mol. The van der Waals surface area contributed by atoms with Gasteiger partial charge >= 0.3 is 5.97 Å². The lowest BCUT2D eigenvalue weighted by Crippen LogP contribution is -2.58. The highest BCUT2D eigenvalue weighted by atomic mass is 16.5. The maximum atomic E-state index is 14.0. The number of methoxy groups -OCH3 is 1. The summed E-state index contributed by atoms with van der Waals surface area (Å²) in [6.45, 7) is 8.64. The van der Waals surface area contributed by atoms with E-state index in [2.05, 4.69) is 49.4 Å². The van der Waals surface area contributed by atoms with Gasteiger partial charge in [-0.3, -0.25) is 4.79 Å². The van der Waals surface area contributed by atoms with Gasteiger partial charge < -0.3 is 15.3 Å². The molecule has 0 aromatic heterocycles. The molecule has 0 radical (unpaired) electrons. The Morgan fingerprint density at radius 2 is 1.86 bits per heavy atom. The Bertz CT molecular complexity index is 1010. The van der Waals surface area contributed by atoms with Crippen LogP contribution in [-0.2, 0) is 19.7 Å². The summed E-state index contributed by atoms with van der Waals surface area (Å²) < 4.78 is 5.11. The number of benzene rings is 1. The molecule has 2 fully saturated rings. The van der Waals surface area contributed by atoms with Crippen LogP contribution in [0.1, 0.15) is 115 Å². The summed E-state index contributed by atoms with van der Waals surface area (Å²) >= 11 is 0. The lowest BCUT2D eigenvalue weighted by atomic mass is 9.49. The Kier molecular flexibility index (Phi) is 7.82. The third-order valence-electron chi connectivity index (χ3n) is 9.69. The van der Waals surface area contributed by atoms with Crippen LogP contribution in [0.2, 0.25) is 0 Å². The second-order valence-electron chi connectivity index (χ2n) is 12.2. The largest absolute Gasteiger partial charge is 0.467 e. The van der Waals surface area contributed by atoms with Gasteiger partial charge in [0.2, 0.25) is 5.91 Å². The van der Waals surface area contributed by atoms with E-state index in [0.29, 0.717) is 30.4 Å². The van der Waals surface area contributed by atoms with E-state index in [0.717, 1.165) is 37.7 Å². The van der Waals surface area contributed by atoms with E-state index in [1.165, 1.54) is 37.5 Å². The zero-order valence-corrected chi connectivity index (χ0v) is 22.7. The lowest BCUT2D eigenvalue weighted by molar-refractivity contribution is -0.149. The number of amides is 1. The number of hydrogen-bond donors (Lipinski definition) is 2. The first-order valence-electron chi connectivity index (χ1n) is 13.9. The van der Waals surface area contributed by atoms with Gasteiger partial charge in [0, 0.05) is 5.56 Å². The number of ether oxygens (including phenoxy) is 1. The first-order valence-corrected chi connectivity index (χ1v) is 13.9. The molecule has 2 N–H and O–H groups in total. The van der Waals surface area contributed by atoms with Crippen LogP contribution in [0.4, 0.5) is 0 Å². The van der Waals surface area contributed by atoms with Crippen molar-refractivity contribution in [2.75, 3.05) is 7.11 Å². The maximum Gasteiger partial charge on any atom is 0.328 e. The van der Waals surface area contributed by atoms with E-state index < -0.39 is 11.5 Å². The summed E-state index contributed by atoms with van der Waals surface area (Å²) in [7, 11) is 1.40. The molecule has 1 aromatic rings. The van der Waals surface area contributed by atoms with Gasteiger partial charge in [-0.25, -0.2) is 4.79 Å². The third kappa shape index (κ3) is 4.80. The molecule has 4 rings (SSSR count). The lowest BCUT2D eigenvalue weighted by Gasteiger charge is -2.54. The number of carbonyl (C=O) groups is 2. The summed E-state index contributed by atoms with van der Waals surface area (Å²) in [6.07, 6.45) is 9.66. The molecule has 0 bridgehead atoms. The Morgan fingerprint density at radius 1 is 1.14 bits per heavy atom. The topological polar surface area (TPSA) is 88.0 Å². The van der Waals surface area contributed by atoms with Crippen LogP contribution in [-0.4, -0.2) is 35.9 Å². The van der Waals surface area contributed by atoms with Crippen molar-refractivity contribution in [3.63, 3.8) is 0 Å². The highest BCUT2D eigenvalue weighted by Gasteiger charge is 2.56. The molecule has 2 saturated carbocycles. The quantitative estimate of drug-likeness (QED) is 0.284. The fourth-order valence-corrected chi connectivity index (χ4v) is 7.41. The Hall–Kier alpha value is -2.37. The van der Waals surface area contributed by atoms with Crippen molar-refractivity contribution < 1.29 is 19.5 Å². The van der Waals surface area contributed by atoms with Crippen molar-refractivity contribution in [1.29, 1.82) is 0 Å². The summed E-state index contributed by atoms with van der Waals surface area (Å²) in [6, 6.07) is 5.91. The molecule has 1 aromatic carbocycles. The van der Waals surface area contributed by atoms with Crippen molar-refractivity contribution >= 4 is 17.6 Å². The molecule has 198 valence electrons. The van der Waals surface area contributed by atoms with Gasteiger partial charge in [-0.2, -0.15) is 0 Å². The maximum absolute atomic E-state index is 14.0. The molecule has 6 nitrogen and oxygen atoms in total. The molecule has 0 saturated heterocycles. The van der Waals surface area contributed by atoms with E-state index in [1.54, 1.807) is 0 Å². The van der Waals surface area contributed by atoms with E-state index in [1.807, 2.05) is 6.92 Å². The first-order chi connectivity index (χ1) is 17.1. The van der Waals surface area contributed by atoms with Crippen LogP contribution in [0.3, 0.4) is 0 Å². The smallest absolute Gasteiger partial charge is 0.328 e. The van der Waals surface area contributed by atoms with Crippen LogP contribution >= 0.6 is 0 Å². The van der Waals surface area contributed by atoms with E-state index in [9.17, 15) is 14.8 Å². The highest BCUT2D eigenvalue weighted by Crippen LogP contribution is 2.57. The fourth-order valence-electron chi connectivity index (χ4n) is 7.41. The Morgan fingerprint density at radius 3 is 2.50 bits per heavy atom. The molecule has 6 heteroatoms. The van der Waals surface area contributed by atoms with Gasteiger partial charge in [0.05, 0.1) is 18.2 Å². The molecule has 3 aliphatic carbocycles. The number of carbonyl (C=O) groups excluding carboxylic acids is 2. The third-order valence-corrected chi connectivity index (χ3v) is 9.69. The Balaban J connectivity index is 1.64. The van der Waals surface area contributed by atoms with Crippen molar-refractivity contribution in [3.8, 4) is 0 Å². The van der Waals surface area contributed by atoms with Gasteiger partial charge in [-0.15, -0.1) is 0 Å².